The van der Waals surface area contributed by atoms with Gasteiger partial charge in [0.25, 0.3) is 0 Å². The molecule has 0 aliphatic rings. The first-order chi connectivity index (χ1) is 8.28. The summed E-state index contributed by atoms with van der Waals surface area (Å²) in [6.45, 7) is 9.11. The van der Waals surface area contributed by atoms with Crippen LogP contribution in [0, 0.1) is 11.3 Å². The summed E-state index contributed by atoms with van der Waals surface area (Å²) in [6.07, 6.45) is 0. The third-order valence-electron chi connectivity index (χ3n) is 2.17. The highest BCUT2D eigenvalue weighted by molar-refractivity contribution is 5.14. The number of rotatable bonds is 6. The van der Waals surface area contributed by atoms with Crippen LogP contribution in [-0.4, -0.2) is 24.8 Å². The van der Waals surface area contributed by atoms with Crippen LogP contribution in [0.15, 0.2) is 30.3 Å². The minimum Gasteiger partial charge on any atom is -0.366 e. The van der Waals surface area contributed by atoms with Crippen molar-refractivity contribution in [3.63, 3.8) is 0 Å². The van der Waals surface area contributed by atoms with Crippen LogP contribution in [0.3, 0.4) is 0 Å². The molecule has 0 aliphatic heterocycles. The van der Waals surface area contributed by atoms with Gasteiger partial charge in [-0.2, -0.15) is 5.26 Å². The highest BCUT2D eigenvalue weighted by Crippen LogP contribution is 2.03. The van der Waals surface area contributed by atoms with Crippen molar-refractivity contribution in [2.75, 3.05) is 19.9 Å². The zero-order valence-electron chi connectivity index (χ0n) is 11.0. The van der Waals surface area contributed by atoms with Gasteiger partial charge in [-0.3, -0.25) is 4.90 Å². The Balaban J connectivity index is 0.000000770. The summed E-state index contributed by atoms with van der Waals surface area (Å²) in [7, 11) is 0. The SMILES string of the molecule is CC#N.CCOCN(CC)Cc1ccccc1. The quantitative estimate of drug-likeness (QED) is 0.710. The van der Waals surface area contributed by atoms with Crippen molar-refractivity contribution in [1.82, 2.24) is 4.90 Å². The van der Waals surface area contributed by atoms with Gasteiger partial charge in [0.05, 0.1) is 12.8 Å². The zero-order chi connectivity index (χ0) is 12.9. The maximum absolute atomic E-state index is 7.32. The molecule has 0 atom stereocenters. The molecule has 94 valence electrons. The Morgan fingerprint density at radius 2 is 1.82 bits per heavy atom. The van der Waals surface area contributed by atoms with E-state index >= 15 is 0 Å². The van der Waals surface area contributed by atoms with Crippen LogP contribution >= 0.6 is 0 Å². The molecule has 0 radical (unpaired) electrons. The Labute approximate surface area is 105 Å². The molecule has 0 bridgehead atoms. The van der Waals surface area contributed by atoms with Crippen molar-refractivity contribution in [3.05, 3.63) is 35.9 Å². The highest BCUT2D eigenvalue weighted by Gasteiger charge is 2.01. The summed E-state index contributed by atoms with van der Waals surface area (Å²) in [5.74, 6) is 0. The topological polar surface area (TPSA) is 36.3 Å². The molecule has 17 heavy (non-hydrogen) atoms. The van der Waals surface area contributed by atoms with E-state index in [0.717, 1.165) is 26.4 Å². The van der Waals surface area contributed by atoms with Gasteiger partial charge in [-0.1, -0.05) is 37.3 Å². The van der Waals surface area contributed by atoms with Crippen LogP contribution in [-0.2, 0) is 11.3 Å². The fourth-order valence-corrected chi connectivity index (χ4v) is 1.31. The maximum atomic E-state index is 7.32. The molecule has 0 heterocycles. The number of benzene rings is 1. The summed E-state index contributed by atoms with van der Waals surface area (Å²) in [4.78, 5) is 2.28. The maximum Gasteiger partial charge on any atom is 0.0992 e. The molecule has 0 saturated heterocycles. The number of nitriles is 1. The molecule has 0 aromatic heterocycles. The summed E-state index contributed by atoms with van der Waals surface area (Å²) < 4.78 is 5.38. The summed E-state index contributed by atoms with van der Waals surface area (Å²) in [5.41, 5.74) is 1.34. The highest BCUT2D eigenvalue weighted by atomic mass is 16.5. The molecule has 1 aromatic carbocycles. The van der Waals surface area contributed by atoms with Crippen molar-refractivity contribution in [2.45, 2.75) is 27.3 Å². The van der Waals surface area contributed by atoms with Crippen LogP contribution < -0.4 is 0 Å². The van der Waals surface area contributed by atoms with Gasteiger partial charge in [-0.05, 0) is 19.0 Å². The van der Waals surface area contributed by atoms with Gasteiger partial charge >= 0.3 is 0 Å². The Hall–Kier alpha value is -1.37. The van der Waals surface area contributed by atoms with Gasteiger partial charge in [-0.15, -0.1) is 0 Å². The second-order valence-electron chi connectivity index (χ2n) is 3.48. The molecule has 0 saturated carbocycles. The number of nitrogens with zero attached hydrogens (tertiary/aromatic N) is 2. The molecule has 0 amide bonds. The van der Waals surface area contributed by atoms with Crippen LogP contribution in [0.5, 0.6) is 0 Å². The van der Waals surface area contributed by atoms with Gasteiger partial charge in [0.15, 0.2) is 0 Å². The molecule has 3 nitrogen and oxygen atoms in total. The van der Waals surface area contributed by atoms with Crippen molar-refractivity contribution < 1.29 is 4.74 Å². The van der Waals surface area contributed by atoms with Crippen molar-refractivity contribution in [1.29, 1.82) is 5.26 Å². The molecular weight excluding hydrogens is 212 g/mol. The van der Waals surface area contributed by atoms with Gasteiger partial charge in [0.2, 0.25) is 0 Å². The zero-order valence-corrected chi connectivity index (χ0v) is 11.0. The lowest BCUT2D eigenvalue weighted by atomic mass is 10.2. The predicted octanol–water partition coefficient (Wildman–Crippen LogP) is 3.03. The third kappa shape index (κ3) is 8.44. The second-order valence-corrected chi connectivity index (χ2v) is 3.48. The average Bonchev–Trinajstić information content (AvgIpc) is 2.36. The molecule has 0 unspecified atom stereocenters. The molecule has 1 aromatic rings. The number of hydrogen-bond acceptors (Lipinski definition) is 3. The smallest absolute Gasteiger partial charge is 0.0992 e. The Bertz CT molecular complexity index is 306. The second kappa shape index (κ2) is 11.1. The lowest BCUT2D eigenvalue weighted by Crippen LogP contribution is -2.25. The van der Waals surface area contributed by atoms with Crippen molar-refractivity contribution in [2.24, 2.45) is 0 Å². The first-order valence-corrected chi connectivity index (χ1v) is 5.93. The molecule has 0 spiro atoms. The van der Waals surface area contributed by atoms with Crippen LogP contribution in [0.25, 0.3) is 0 Å². The predicted molar refractivity (Wildman–Crippen MR) is 70.3 cm³/mol. The molecule has 0 N–H and O–H groups in total. The Kier molecular flexibility index (Phi) is 10.2. The van der Waals surface area contributed by atoms with Crippen LogP contribution in [0.4, 0.5) is 0 Å². The number of ether oxygens (including phenoxy) is 1. The lowest BCUT2D eigenvalue weighted by Gasteiger charge is -2.19. The summed E-state index contributed by atoms with van der Waals surface area (Å²) in [6, 6.07) is 12.2. The monoisotopic (exact) mass is 234 g/mol. The first-order valence-electron chi connectivity index (χ1n) is 5.93. The van der Waals surface area contributed by atoms with Gasteiger partial charge in [0, 0.05) is 20.1 Å². The fraction of sp³-hybridized carbons (Fsp3) is 0.500. The van der Waals surface area contributed by atoms with Gasteiger partial charge in [-0.25, -0.2) is 0 Å². The van der Waals surface area contributed by atoms with E-state index in [2.05, 4.69) is 36.1 Å². The van der Waals surface area contributed by atoms with E-state index in [1.165, 1.54) is 12.5 Å². The fourth-order valence-electron chi connectivity index (χ4n) is 1.31. The van der Waals surface area contributed by atoms with Crippen molar-refractivity contribution in [3.8, 4) is 6.07 Å². The largest absolute Gasteiger partial charge is 0.366 e. The van der Waals surface area contributed by atoms with E-state index in [1.807, 2.05) is 13.0 Å². The molecular formula is C14H22N2O. The number of hydrogen-bond donors (Lipinski definition) is 0. The standard InChI is InChI=1S/C12H19NO.C2H3N/c1-3-13(11-14-4-2)10-12-8-6-5-7-9-12;1-2-3/h5-9H,3-4,10-11H2,1-2H3;1H3. The van der Waals surface area contributed by atoms with E-state index in [-0.39, 0.29) is 0 Å². The summed E-state index contributed by atoms with van der Waals surface area (Å²) >= 11 is 0. The van der Waals surface area contributed by atoms with Gasteiger partial charge in [0.1, 0.15) is 0 Å². The first kappa shape index (κ1) is 15.6. The normalized spacial score (nSPS) is 9.35. The van der Waals surface area contributed by atoms with Crippen LogP contribution in [0.1, 0.15) is 26.3 Å². The Morgan fingerprint density at radius 3 is 2.29 bits per heavy atom. The van der Waals surface area contributed by atoms with E-state index in [1.54, 1.807) is 6.07 Å². The Morgan fingerprint density at radius 1 is 1.24 bits per heavy atom. The van der Waals surface area contributed by atoms with E-state index < -0.39 is 0 Å². The van der Waals surface area contributed by atoms with E-state index in [0.29, 0.717) is 0 Å². The third-order valence-corrected chi connectivity index (χ3v) is 2.17. The molecule has 3 heteroatoms. The minimum absolute atomic E-state index is 0.724. The minimum atomic E-state index is 0.724. The molecule has 1 rings (SSSR count). The molecule has 0 aliphatic carbocycles. The molecule has 0 fully saturated rings. The average molecular weight is 234 g/mol. The van der Waals surface area contributed by atoms with E-state index in [4.69, 9.17) is 10.00 Å². The lowest BCUT2D eigenvalue weighted by molar-refractivity contribution is 0.0340. The van der Waals surface area contributed by atoms with Gasteiger partial charge < -0.3 is 4.74 Å². The van der Waals surface area contributed by atoms with Crippen molar-refractivity contribution >= 4 is 0 Å². The van der Waals surface area contributed by atoms with E-state index in [9.17, 15) is 0 Å². The summed E-state index contributed by atoms with van der Waals surface area (Å²) in [5, 5.41) is 7.32. The van der Waals surface area contributed by atoms with Crippen LogP contribution in [0.2, 0.25) is 0 Å².